The summed E-state index contributed by atoms with van der Waals surface area (Å²) in [6.45, 7) is 6.05. The van der Waals surface area contributed by atoms with Gasteiger partial charge in [-0.05, 0) is 73.8 Å². The van der Waals surface area contributed by atoms with Gasteiger partial charge in [0.1, 0.15) is 0 Å². The highest BCUT2D eigenvalue weighted by atomic mass is 16.3. The van der Waals surface area contributed by atoms with Crippen molar-refractivity contribution < 1.29 is 14.7 Å². The first-order valence-corrected chi connectivity index (χ1v) is 9.42. The Bertz CT molecular complexity index is 673. The van der Waals surface area contributed by atoms with E-state index >= 15 is 0 Å². The highest BCUT2D eigenvalue weighted by Crippen LogP contribution is 2.65. The maximum atomic E-state index is 12.1. The van der Waals surface area contributed by atoms with Crippen molar-refractivity contribution in [3.63, 3.8) is 0 Å². The van der Waals surface area contributed by atoms with E-state index in [1.54, 1.807) is 6.92 Å². The minimum absolute atomic E-state index is 0.0537. The molecule has 2 saturated carbocycles. The highest BCUT2D eigenvalue weighted by molar-refractivity contribution is 5.95. The average molecular weight is 328 g/mol. The summed E-state index contributed by atoms with van der Waals surface area (Å²) in [5.74, 6) is 1.72. The molecule has 0 aromatic heterocycles. The van der Waals surface area contributed by atoms with Gasteiger partial charge in [0.2, 0.25) is 0 Å². The summed E-state index contributed by atoms with van der Waals surface area (Å²) in [6.07, 6.45) is 8.84. The van der Waals surface area contributed by atoms with Gasteiger partial charge in [0, 0.05) is 11.8 Å². The fraction of sp³-hybridized carbons (Fsp3) is 0.714. The Morgan fingerprint density at radius 2 is 2.00 bits per heavy atom. The summed E-state index contributed by atoms with van der Waals surface area (Å²) in [7, 11) is 0. The van der Waals surface area contributed by atoms with E-state index in [1.165, 1.54) is 5.57 Å². The molecule has 0 aliphatic heterocycles. The molecule has 0 heterocycles. The van der Waals surface area contributed by atoms with Crippen LogP contribution in [-0.2, 0) is 9.59 Å². The van der Waals surface area contributed by atoms with Crippen molar-refractivity contribution in [2.45, 2.75) is 65.4 Å². The van der Waals surface area contributed by atoms with E-state index in [2.05, 4.69) is 19.9 Å². The third-order valence-corrected chi connectivity index (χ3v) is 8.03. The van der Waals surface area contributed by atoms with Gasteiger partial charge in [-0.3, -0.25) is 9.59 Å². The summed E-state index contributed by atoms with van der Waals surface area (Å²) in [6, 6.07) is 0. The zero-order valence-corrected chi connectivity index (χ0v) is 15.0. The van der Waals surface area contributed by atoms with Gasteiger partial charge in [-0.2, -0.15) is 0 Å². The van der Waals surface area contributed by atoms with Crippen LogP contribution in [0.4, 0.5) is 0 Å². The van der Waals surface area contributed by atoms with Crippen LogP contribution in [0.25, 0.3) is 0 Å². The number of carbonyl (C=O) groups excluding carboxylic acids is 2. The molecular weight excluding hydrogens is 300 g/mol. The SMILES string of the molecule is CC(=O)C1=CC[C@@H]2[C@H]3CCC4=CC(=O)CC[C@@]4(C)[C@@H]3C[C@H](O)[C@@]12C. The number of Topliss-reactive ketones (excluding diaryl/α,β-unsaturated/α-hetero) is 1. The van der Waals surface area contributed by atoms with Gasteiger partial charge in [0.05, 0.1) is 6.10 Å². The normalized spacial score (nSPS) is 47.2. The van der Waals surface area contributed by atoms with Crippen LogP contribution in [0, 0.1) is 28.6 Å². The van der Waals surface area contributed by atoms with Crippen LogP contribution in [0.2, 0.25) is 0 Å². The molecule has 0 spiro atoms. The maximum Gasteiger partial charge on any atom is 0.156 e. The van der Waals surface area contributed by atoms with Gasteiger partial charge >= 0.3 is 0 Å². The summed E-state index contributed by atoms with van der Waals surface area (Å²) in [5.41, 5.74) is 1.84. The first-order valence-electron chi connectivity index (χ1n) is 9.42. The third-order valence-electron chi connectivity index (χ3n) is 8.03. The van der Waals surface area contributed by atoms with E-state index in [1.807, 2.05) is 6.08 Å². The molecule has 6 atom stereocenters. The van der Waals surface area contributed by atoms with Gasteiger partial charge in [-0.15, -0.1) is 0 Å². The third kappa shape index (κ3) is 1.94. The van der Waals surface area contributed by atoms with Crippen LogP contribution in [0.1, 0.15) is 59.3 Å². The minimum atomic E-state index is -0.463. The van der Waals surface area contributed by atoms with Crippen LogP contribution >= 0.6 is 0 Å². The van der Waals surface area contributed by atoms with Gasteiger partial charge in [-0.1, -0.05) is 25.5 Å². The molecule has 24 heavy (non-hydrogen) atoms. The molecule has 3 heteroatoms. The molecule has 0 unspecified atom stereocenters. The van der Waals surface area contributed by atoms with Crippen LogP contribution in [0.3, 0.4) is 0 Å². The maximum absolute atomic E-state index is 12.1. The number of hydrogen-bond donors (Lipinski definition) is 1. The van der Waals surface area contributed by atoms with Crippen molar-refractivity contribution >= 4 is 11.6 Å². The minimum Gasteiger partial charge on any atom is -0.392 e. The molecule has 4 aliphatic rings. The van der Waals surface area contributed by atoms with Crippen LogP contribution < -0.4 is 0 Å². The molecule has 1 N–H and O–H groups in total. The monoisotopic (exact) mass is 328 g/mol. The fourth-order valence-corrected chi connectivity index (χ4v) is 6.63. The van der Waals surface area contributed by atoms with Crippen LogP contribution in [0.5, 0.6) is 0 Å². The van der Waals surface area contributed by atoms with Crippen molar-refractivity contribution in [2.24, 2.45) is 28.6 Å². The van der Waals surface area contributed by atoms with Crippen molar-refractivity contribution in [3.8, 4) is 0 Å². The summed E-state index contributed by atoms with van der Waals surface area (Å²) in [4.78, 5) is 24.0. The summed E-state index contributed by atoms with van der Waals surface area (Å²) in [5, 5.41) is 11.1. The van der Waals surface area contributed by atoms with E-state index in [0.717, 1.165) is 37.7 Å². The molecule has 0 amide bonds. The zero-order chi connectivity index (χ0) is 17.3. The number of rotatable bonds is 1. The molecular formula is C21H28O3. The first-order chi connectivity index (χ1) is 11.3. The standard InChI is InChI=1S/C21H28O3/c1-12(22)16-6-7-17-15-5-4-13-10-14(23)8-9-20(13,2)18(15)11-19(24)21(16,17)3/h6,10,15,17-19,24H,4-5,7-9,11H2,1-3H3/t15-,17-,18-,19+,20-,21+/m1/s1. The second kappa shape index (κ2) is 5.14. The van der Waals surface area contributed by atoms with Crippen molar-refractivity contribution in [2.75, 3.05) is 0 Å². The smallest absolute Gasteiger partial charge is 0.156 e. The Kier molecular flexibility index (Phi) is 3.48. The zero-order valence-electron chi connectivity index (χ0n) is 15.0. The Balaban J connectivity index is 1.73. The summed E-state index contributed by atoms with van der Waals surface area (Å²) >= 11 is 0. The lowest BCUT2D eigenvalue weighted by atomic mass is 9.46. The van der Waals surface area contributed by atoms with E-state index in [9.17, 15) is 14.7 Å². The second-order valence-corrected chi connectivity index (χ2v) is 8.91. The Hall–Kier alpha value is -1.22. The number of carbonyl (C=O) groups is 2. The van der Waals surface area contributed by atoms with E-state index in [0.29, 0.717) is 24.2 Å². The molecule has 0 aromatic carbocycles. The number of allylic oxidation sites excluding steroid dienone is 3. The van der Waals surface area contributed by atoms with E-state index in [-0.39, 0.29) is 22.4 Å². The molecule has 4 aliphatic carbocycles. The molecule has 2 fully saturated rings. The van der Waals surface area contributed by atoms with Gasteiger partial charge in [0.25, 0.3) is 0 Å². The average Bonchev–Trinajstić information content (AvgIpc) is 2.88. The lowest BCUT2D eigenvalue weighted by Gasteiger charge is -2.59. The fourth-order valence-electron chi connectivity index (χ4n) is 6.63. The largest absolute Gasteiger partial charge is 0.392 e. The number of aliphatic hydroxyl groups is 1. The van der Waals surface area contributed by atoms with Crippen LogP contribution in [-0.4, -0.2) is 22.8 Å². The number of aliphatic hydroxyl groups excluding tert-OH is 1. The Morgan fingerprint density at radius 1 is 1.25 bits per heavy atom. The first kappa shape index (κ1) is 16.3. The van der Waals surface area contributed by atoms with Gasteiger partial charge in [-0.25, -0.2) is 0 Å². The van der Waals surface area contributed by atoms with Crippen molar-refractivity contribution in [1.82, 2.24) is 0 Å². The molecule has 3 nitrogen and oxygen atoms in total. The predicted molar refractivity (Wildman–Crippen MR) is 92.2 cm³/mol. The quantitative estimate of drug-likeness (QED) is 0.800. The number of ketones is 2. The molecule has 0 bridgehead atoms. The van der Waals surface area contributed by atoms with Gasteiger partial charge in [0.15, 0.2) is 11.6 Å². The highest BCUT2D eigenvalue weighted by Gasteiger charge is 2.60. The molecule has 130 valence electrons. The van der Waals surface area contributed by atoms with Crippen molar-refractivity contribution in [3.05, 3.63) is 23.3 Å². The topological polar surface area (TPSA) is 54.4 Å². The Morgan fingerprint density at radius 3 is 2.71 bits per heavy atom. The number of hydrogen-bond acceptors (Lipinski definition) is 3. The lowest BCUT2D eigenvalue weighted by molar-refractivity contribution is -0.127. The Labute approximate surface area is 144 Å². The molecule has 0 aromatic rings. The van der Waals surface area contributed by atoms with E-state index < -0.39 is 6.10 Å². The predicted octanol–water partition coefficient (Wildman–Crippen LogP) is 3.61. The van der Waals surface area contributed by atoms with Crippen molar-refractivity contribution in [1.29, 1.82) is 0 Å². The molecule has 4 rings (SSSR count). The van der Waals surface area contributed by atoms with Gasteiger partial charge < -0.3 is 5.11 Å². The van der Waals surface area contributed by atoms with E-state index in [4.69, 9.17) is 0 Å². The molecule has 0 radical (unpaired) electrons. The molecule has 0 saturated heterocycles. The lowest BCUT2D eigenvalue weighted by Crippen LogP contribution is -2.56. The van der Waals surface area contributed by atoms with Crippen LogP contribution in [0.15, 0.2) is 23.3 Å². The summed E-state index contributed by atoms with van der Waals surface area (Å²) < 4.78 is 0. The second-order valence-electron chi connectivity index (χ2n) is 8.91. The number of fused-ring (bicyclic) bond motifs is 5.